The van der Waals surface area contributed by atoms with Crippen molar-refractivity contribution in [2.45, 2.75) is 0 Å². The van der Waals surface area contributed by atoms with Gasteiger partial charge in [-0.05, 0) is 0 Å². The molecule has 2 heterocycles. The third-order valence-corrected chi connectivity index (χ3v) is 1.14. The molecule has 0 aliphatic rings. The van der Waals surface area contributed by atoms with Crippen LogP contribution in [0.4, 0.5) is 11.8 Å². The van der Waals surface area contributed by atoms with Crippen LogP contribution in [-0.4, -0.2) is 14.6 Å². The Hall–Kier alpha value is -1.72. The van der Waals surface area contributed by atoms with Crippen molar-refractivity contribution in [1.82, 2.24) is 14.6 Å². The Morgan fingerprint density at radius 1 is 1.50 bits per heavy atom. The van der Waals surface area contributed by atoms with Gasteiger partial charge in [-0.1, -0.05) is 0 Å². The molecule has 0 bridgehead atoms. The zero-order valence-electron chi connectivity index (χ0n) is 4.98. The summed E-state index contributed by atoms with van der Waals surface area (Å²) in [5, 5.41) is 3.72. The largest absolute Gasteiger partial charge is 0.402 e. The molecular formula is C4H5N5O. The van der Waals surface area contributed by atoms with Gasteiger partial charge in [0.05, 0.1) is 0 Å². The third kappa shape index (κ3) is 0.471. The molecule has 0 aliphatic heterocycles. The van der Waals surface area contributed by atoms with Crippen LogP contribution in [0.5, 0.6) is 0 Å². The first-order chi connectivity index (χ1) is 4.77. The minimum Gasteiger partial charge on any atom is -0.402 e. The first kappa shape index (κ1) is 5.10. The highest BCUT2D eigenvalue weighted by atomic mass is 16.4. The molecule has 0 spiro atoms. The van der Waals surface area contributed by atoms with Crippen molar-refractivity contribution < 1.29 is 4.42 Å². The molecule has 0 atom stereocenters. The van der Waals surface area contributed by atoms with Crippen molar-refractivity contribution in [2.24, 2.45) is 0 Å². The lowest BCUT2D eigenvalue weighted by Gasteiger charge is -1.76. The molecule has 52 valence electrons. The second kappa shape index (κ2) is 1.41. The van der Waals surface area contributed by atoms with Gasteiger partial charge in [-0.2, -0.15) is 4.52 Å². The summed E-state index contributed by atoms with van der Waals surface area (Å²) in [6.07, 6.45) is 1.44. The monoisotopic (exact) mass is 139 g/mol. The van der Waals surface area contributed by atoms with E-state index in [-0.39, 0.29) is 6.01 Å². The van der Waals surface area contributed by atoms with Gasteiger partial charge in [-0.25, -0.2) is 4.98 Å². The van der Waals surface area contributed by atoms with Crippen LogP contribution in [0.15, 0.2) is 10.7 Å². The number of nitrogens with zero attached hydrogens (tertiary/aromatic N) is 3. The molecule has 0 aliphatic carbocycles. The average Bonchev–Trinajstić information content (AvgIpc) is 2.35. The standard InChI is InChI=1S/C4H5N5O/c5-2-3-9(1-7-2)8-4(6)10-3/h1H,5H2,(H2,6,8). The number of hydrogen-bond acceptors (Lipinski definition) is 5. The summed E-state index contributed by atoms with van der Waals surface area (Å²) < 4.78 is 6.26. The molecule has 0 amide bonds. The molecule has 2 aromatic rings. The topological polar surface area (TPSA) is 95.4 Å². The average molecular weight is 139 g/mol. The maximum absolute atomic E-state index is 5.37. The number of imidazole rings is 1. The van der Waals surface area contributed by atoms with Gasteiger partial charge in [-0.3, -0.25) is 0 Å². The van der Waals surface area contributed by atoms with Gasteiger partial charge in [0, 0.05) is 0 Å². The van der Waals surface area contributed by atoms with E-state index in [1.54, 1.807) is 0 Å². The van der Waals surface area contributed by atoms with Gasteiger partial charge < -0.3 is 15.9 Å². The maximum atomic E-state index is 5.37. The summed E-state index contributed by atoms with van der Waals surface area (Å²) in [4.78, 5) is 3.73. The molecule has 0 unspecified atom stereocenters. The van der Waals surface area contributed by atoms with E-state index >= 15 is 0 Å². The van der Waals surface area contributed by atoms with E-state index in [2.05, 4.69) is 10.1 Å². The van der Waals surface area contributed by atoms with Crippen LogP contribution in [0.1, 0.15) is 0 Å². The Labute approximate surface area is 55.4 Å². The summed E-state index contributed by atoms with van der Waals surface area (Å²) in [7, 11) is 0. The molecule has 0 aromatic carbocycles. The van der Waals surface area contributed by atoms with Crippen molar-refractivity contribution in [1.29, 1.82) is 0 Å². The number of nitrogen functional groups attached to an aromatic ring is 2. The van der Waals surface area contributed by atoms with Crippen LogP contribution < -0.4 is 11.5 Å². The van der Waals surface area contributed by atoms with Crippen molar-refractivity contribution >= 4 is 17.5 Å². The quantitative estimate of drug-likeness (QED) is 0.512. The lowest BCUT2D eigenvalue weighted by molar-refractivity contribution is 0.624. The number of fused-ring (bicyclic) bond motifs is 1. The van der Waals surface area contributed by atoms with Crippen molar-refractivity contribution in [2.75, 3.05) is 11.5 Å². The zero-order valence-corrected chi connectivity index (χ0v) is 4.98. The number of aromatic nitrogens is 3. The highest BCUT2D eigenvalue weighted by Crippen LogP contribution is 2.12. The van der Waals surface area contributed by atoms with E-state index in [0.29, 0.717) is 11.5 Å². The second-order valence-electron chi connectivity index (χ2n) is 1.82. The summed E-state index contributed by atoms with van der Waals surface area (Å²) in [5.74, 6) is 0.296. The number of nitrogens with two attached hydrogens (primary N) is 2. The van der Waals surface area contributed by atoms with E-state index in [1.165, 1.54) is 10.8 Å². The van der Waals surface area contributed by atoms with Crippen LogP contribution in [0.25, 0.3) is 5.71 Å². The van der Waals surface area contributed by atoms with Gasteiger partial charge in [0.2, 0.25) is 0 Å². The zero-order chi connectivity index (χ0) is 7.14. The number of anilines is 2. The predicted octanol–water partition coefficient (Wildman–Crippen LogP) is -0.513. The summed E-state index contributed by atoms with van der Waals surface area (Å²) in [5.41, 5.74) is 11.0. The molecule has 0 radical (unpaired) electrons. The van der Waals surface area contributed by atoms with Crippen LogP contribution in [0.3, 0.4) is 0 Å². The second-order valence-corrected chi connectivity index (χ2v) is 1.82. The third-order valence-electron chi connectivity index (χ3n) is 1.14. The molecule has 0 saturated carbocycles. The molecule has 2 rings (SSSR count). The Kier molecular flexibility index (Phi) is 0.717. The Bertz CT molecular complexity index is 360. The molecule has 4 N–H and O–H groups in total. The van der Waals surface area contributed by atoms with Crippen molar-refractivity contribution in [3.8, 4) is 0 Å². The SMILES string of the molecule is Nc1nn2cnc(N)c2o1. The van der Waals surface area contributed by atoms with Gasteiger partial charge in [0.25, 0.3) is 5.71 Å². The molecule has 10 heavy (non-hydrogen) atoms. The van der Waals surface area contributed by atoms with E-state index in [0.717, 1.165) is 0 Å². The first-order valence-corrected chi connectivity index (χ1v) is 2.62. The Morgan fingerprint density at radius 2 is 2.30 bits per heavy atom. The van der Waals surface area contributed by atoms with E-state index in [1.807, 2.05) is 0 Å². The van der Waals surface area contributed by atoms with Crippen LogP contribution >= 0.6 is 0 Å². The summed E-state index contributed by atoms with van der Waals surface area (Å²) >= 11 is 0. The minimum atomic E-state index is 0.0871. The fraction of sp³-hybridized carbons (Fsp3) is 0. The fourth-order valence-corrected chi connectivity index (χ4v) is 0.738. The van der Waals surface area contributed by atoms with Crippen LogP contribution in [0, 0.1) is 0 Å². The fourth-order valence-electron chi connectivity index (χ4n) is 0.738. The molecule has 0 saturated heterocycles. The molecule has 0 fully saturated rings. The Morgan fingerprint density at radius 3 is 3.00 bits per heavy atom. The van der Waals surface area contributed by atoms with E-state index in [4.69, 9.17) is 15.9 Å². The highest BCUT2D eigenvalue weighted by molar-refractivity contribution is 5.57. The summed E-state index contributed by atoms with van der Waals surface area (Å²) in [6.45, 7) is 0. The van der Waals surface area contributed by atoms with Gasteiger partial charge in [0.1, 0.15) is 6.33 Å². The van der Waals surface area contributed by atoms with Gasteiger partial charge >= 0.3 is 6.01 Å². The Balaban J connectivity index is 2.90. The highest BCUT2D eigenvalue weighted by Gasteiger charge is 2.05. The maximum Gasteiger partial charge on any atom is 0.311 e. The summed E-state index contributed by atoms with van der Waals surface area (Å²) in [6, 6.07) is 0.0871. The predicted molar refractivity (Wildman–Crippen MR) is 34.1 cm³/mol. The first-order valence-electron chi connectivity index (χ1n) is 2.62. The lowest BCUT2D eigenvalue weighted by atomic mass is 10.8. The minimum absolute atomic E-state index is 0.0871. The number of rotatable bonds is 0. The van der Waals surface area contributed by atoms with Crippen molar-refractivity contribution in [3.05, 3.63) is 6.33 Å². The van der Waals surface area contributed by atoms with E-state index < -0.39 is 0 Å². The molecule has 2 aromatic heterocycles. The molecule has 6 nitrogen and oxygen atoms in total. The molecular weight excluding hydrogens is 134 g/mol. The van der Waals surface area contributed by atoms with Gasteiger partial charge in [-0.15, -0.1) is 5.10 Å². The smallest absolute Gasteiger partial charge is 0.311 e. The van der Waals surface area contributed by atoms with Gasteiger partial charge in [0.15, 0.2) is 5.82 Å². The number of hydrogen-bond donors (Lipinski definition) is 2. The van der Waals surface area contributed by atoms with Crippen LogP contribution in [0.2, 0.25) is 0 Å². The normalized spacial score (nSPS) is 10.8. The lowest BCUT2D eigenvalue weighted by Crippen LogP contribution is -1.85. The molecule has 6 heteroatoms. The van der Waals surface area contributed by atoms with Crippen molar-refractivity contribution in [3.63, 3.8) is 0 Å². The van der Waals surface area contributed by atoms with Crippen LogP contribution in [-0.2, 0) is 0 Å². The van der Waals surface area contributed by atoms with E-state index in [9.17, 15) is 0 Å².